The van der Waals surface area contributed by atoms with Crippen molar-refractivity contribution in [3.8, 4) is 17.2 Å². The monoisotopic (exact) mass is 464 g/mol. The van der Waals surface area contributed by atoms with E-state index < -0.39 is 17.9 Å². The van der Waals surface area contributed by atoms with Crippen molar-refractivity contribution in [2.75, 3.05) is 27.9 Å². The highest BCUT2D eigenvalue weighted by Crippen LogP contribution is 2.38. The van der Waals surface area contributed by atoms with Crippen molar-refractivity contribution in [1.29, 1.82) is 0 Å². The number of hydrogen-bond donors (Lipinski definition) is 2. The Morgan fingerprint density at radius 3 is 2.00 bits per heavy atom. The largest absolute Gasteiger partial charge is 0.493 e. The molecule has 1 saturated carbocycles. The zero-order chi connectivity index (χ0) is 24.4. The number of rotatable bonds is 10. The third-order valence-corrected chi connectivity index (χ3v) is 5.70. The van der Waals surface area contributed by atoms with Crippen molar-refractivity contribution in [2.45, 2.75) is 64.5 Å². The van der Waals surface area contributed by atoms with Gasteiger partial charge in [0.05, 0.1) is 21.3 Å². The Hall–Kier alpha value is -2.97. The average molecular weight is 465 g/mol. The molecule has 2 N–H and O–H groups in total. The standard InChI is InChI=1S/C24H36N2O7/c1-15(2)21(24(29)33-14-20(27)25-17-10-8-6-7-9-11-17)26-23(28)16-12-18(30-3)22(32-5)19(13-16)31-4/h12-13,15,17,21H,6-11,14H2,1-5H3,(H,25,27)(H,26,28). The molecular formula is C24H36N2O7. The van der Waals surface area contributed by atoms with Gasteiger partial charge in [0.15, 0.2) is 18.1 Å². The lowest BCUT2D eigenvalue weighted by atomic mass is 10.0. The van der Waals surface area contributed by atoms with Gasteiger partial charge in [-0.1, -0.05) is 39.5 Å². The molecule has 2 rings (SSSR count). The number of ether oxygens (including phenoxy) is 4. The topological polar surface area (TPSA) is 112 Å². The van der Waals surface area contributed by atoms with E-state index in [1.165, 1.54) is 46.3 Å². The predicted molar refractivity (Wildman–Crippen MR) is 123 cm³/mol. The van der Waals surface area contributed by atoms with Gasteiger partial charge in [0.1, 0.15) is 6.04 Å². The van der Waals surface area contributed by atoms with Crippen molar-refractivity contribution < 1.29 is 33.3 Å². The minimum absolute atomic E-state index is 0.124. The minimum Gasteiger partial charge on any atom is -0.493 e. The van der Waals surface area contributed by atoms with E-state index >= 15 is 0 Å². The van der Waals surface area contributed by atoms with E-state index in [1.54, 1.807) is 13.8 Å². The van der Waals surface area contributed by atoms with Gasteiger partial charge in [-0.15, -0.1) is 0 Å². The molecule has 1 aromatic carbocycles. The van der Waals surface area contributed by atoms with Crippen molar-refractivity contribution in [1.82, 2.24) is 10.6 Å². The summed E-state index contributed by atoms with van der Waals surface area (Å²) in [5.74, 6) is -0.755. The summed E-state index contributed by atoms with van der Waals surface area (Å²) >= 11 is 0. The molecule has 0 aromatic heterocycles. The fourth-order valence-electron chi connectivity index (χ4n) is 3.85. The lowest BCUT2D eigenvalue weighted by Gasteiger charge is -2.22. The second-order valence-electron chi connectivity index (χ2n) is 8.47. The van der Waals surface area contributed by atoms with Crippen LogP contribution in [-0.4, -0.2) is 57.8 Å². The third-order valence-electron chi connectivity index (χ3n) is 5.70. The molecule has 1 fully saturated rings. The summed E-state index contributed by atoms with van der Waals surface area (Å²) in [4.78, 5) is 37.8. The van der Waals surface area contributed by atoms with Crippen LogP contribution in [0.3, 0.4) is 0 Å². The van der Waals surface area contributed by atoms with E-state index in [4.69, 9.17) is 18.9 Å². The van der Waals surface area contributed by atoms with Crippen LogP contribution in [0.5, 0.6) is 17.2 Å². The van der Waals surface area contributed by atoms with Gasteiger partial charge in [0.25, 0.3) is 11.8 Å². The van der Waals surface area contributed by atoms with Crippen LogP contribution in [0.25, 0.3) is 0 Å². The quantitative estimate of drug-likeness (QED) is 0.404. The smallest absolute Gasteiger partial charge is 0.329 e. The van der Waals surface area contributed by atoms with Gasteiger partial charge in [-0.25, -0.2) is 4.79 Å². The zero-order valence-corrected chi connectivity index (χ0v) is 20.2. The fraction of sp³-hybridized carbons (Fsp3) is 0.625. The number of carbonyl (C=O) groups is 3. The van der Waals surface area contributed by atoms with E-state index in [9.17, 15) is 14.4 Å². The molecule has 9 nitrogen and oxygen atoms in total. The van der Waals surface area contributed by atoms with Crippen LogP contribution < -0.4 is 24.8 Å². The predicted octanol–water partition coefficient (Wildman–Crippen LogP) is 2.85. The molecule has 2 amide bonds. The molecule has 9 heteroatoms. The second-order valence-corrected chi connectivity index (χ2v) is 8.47. The highest BCUT2D eigenvalue weighted by molar-refractivity contribution is 5.98. The Labute approximate surface area is 195 Å². The van der Waals surface area contributed by atoms with E-state index in [1.807, 2.05) is 0 Å². The molecule has 0 radical (unpaired) electrons. The molecule has 1 unspecified atom stereocenters. The lowest BCUT2D eigenvalue weighted by Crippen LogP contribution is -2.46. The molecule has 1 aliphatic carbocycles. The number of hydrogen-bond acceptors (Lipinski definition) is 7. The first-order valence-electron chi connectivity index (χ1n) is 11.4. The summed E-state index contributed by atoms with van der Waals surface area (Å²) in [5.41, 5.74) is 0.231. The van der Waals surface area contributed by atoms with Crippen molar-refractivity contribution >= 4 is 17.8 Å². The van der Waals surface area contributed by atoms with Gasteiger partial charge in [-0.3, -0.25) is 9.59 Å². The second kappa shape index (κ2) is 12.9. The van der Waals surface area contributed by atoms with Crippen LogP contribution in [0.2, 0.25) is 0 Å². The number of amides is 2. The summed E-state index contributed by atoms with van der Waals surface area (Å²) in [6.45, 7) is 3.19. The molecule has 1 atom stereocenters. The van der Waals surface area contributed by atoms with Crippen LogP contribution in [-0.2, 0) is 14.3 Å². The highest BCUT2D eigenvalue weighted by Gasteiger charge is 2.28. The normalized spacial score (nSPS) is 15.2. The number of benzene rings is 1. The minimum atomic E-state index is -0.928. The molecule has 0 spiro atoms. The van der Waals surface area contributed by atoms with E-state index in [0.717, 1.165) is 25.7 Å². The Morgan fingerprint density at radius 2 is 1.52 bits per heavy atom. The van der Waals surface area contributed by atoms with E-state index in [-0.39, 0.29) is 30.0 Å². The average Bonchev–Trinajstić information content (AvgIpc) is 3.08. The maximum absolute atomic E-state index is 12.9. The molecule has 0 aliphatic heterocycles. The number of methoxy groups -OCH3 is 3. The summed E-state index contributed by atoms with van der Waals surface area (Å²) in [7, 11) is 4.37. The van der Waals surface area contributed by atoms with Gasteiger partial charge >= 0.3 is 5.97 Å². The first-order valence-corrected chi connectivity index (χ1v) is 11.4. The Bertz CT molecular complexity index is 792. The van der Waals surface area contributed by atoms with Crippen LogP contribution in [0.15, 0.2) is 12.1 Å². The summed E-state index contributed by atoms with van der Waals surface area (Å²) in [6.07, 6.45) is 6.44. The lowest BCUT2D eigenvalue weighted by molar-refractivity contribution is -0.151. The van der Waals surface area contributed by atoms with E-state index in [2.05, 4.69) is 10.6 Å². The molecule has 1 aromatic rings. The van der Waals surface area contributed by atoms with Gasteiger partial charge < -0.3 is 29.6 Å². The third kappa shape index (κ3) is 7.54. The Morgan fingerprint density at radius 1 is 0.939 bits per heavy atom. The van der Waals surface area contributed by atoms with Crippen LogP contribution in [0.4, 0.5) is 0 Å². The van der Waals surface area contributed by atoms with Crippen LogP contribution >= 0.6 is 0 Å². The maximum atomic E-state index is 12.9. The summed E-state index contributed by atoms with van der Waals surface area (Å²) < 4.78 is 21.1. The van der Waals surface area contributed by atoms with E-state index in [0.29, 0.717) is 17.2 Å². The van der Waals surface area contributed by atoms with Crippen molar-refractivity contribution in [3.05, 3.63) is 17.7 Å². The van der Waals surface area contributed by atoms with Gasteiger partial charge in [0, 0.05) is 11.6 Å². The number of nitrogens with one attached hydrogen (secondary N) is 2. The van der Waals surface area contributed by atoms with Crippen molar-refractivity contribution in [3.63, 3.8) is 0 Å². The molecule has 33 heavy (non-hydrogen) atoms. The van der Waals surface area contributed by atoms with Gasteiger partial charge in [-0.2, -0.15) is 0 Å². The Kier molecular flexibility index (Phi) is 10.3. The highest BCUT2D eigenvalue weighted by atomic mass is 16.5. The fourth-order valence-corrected chi connectivity index (χ4v) is 3.85. The number of esters is 1. The van der Waals surface area contributed by atoms with Gasteiger partial charge in [-0.05, 0) is 30.9 Å². The first kappa shape index (κ1) is 26.3. The Balaban J connectivity index is 2.00. The van der Waals surface area contributed by atoms with Crippen molar-refractivity contribution in [2.24, 2.45) is 5.92 Å². The number of carbonyl (C=O) groups excluding carboxylic acids is 3. The summed E-state index contributed by atoms with van der Waals surface area (Å²) in [6, 6.07) is 2.20. The molecule has 0 saturated heterocycles. The SMILES string of the molecule is COc1cc(C(=O)NC(C(=O)OCC(=O)NC2CCCCCC2)C(C)C)cc(OC)c1OC. The first-order chi connectivity index (χ1) is 15.8. The molecule has 184 valence electrons. The molecular weight excluding hydrogens is 428 g/mol. The summed E-state index contributed by atoms with van der Waals surface area (Å²) in [5, 5.41) is 5.63. The van der Waals surface area contributed by atoms with Gasteiger partial charge in [0.2, 0.25) is 5.75 Å². The molecule has 1 aliphatic rings. The van der Waals surface area contributed by atoms with Crippen LogP contribution in [0, 0.1) is 5.92 Å². The van der Waals surface area contributed by atoms with Crippen LogP contribution in [0.1, 0.15) is 62.7 Å². The molecule has 0 bridgehead atoms. The zero-order valence-electron chi connectivity index (χ0n) is 20.2. The maximum Gasteiger partial charge on any atom is 0.329 e. The molecule has 0 heterocycles.